The van der Waals surface area contributed by atoms with E-state index in [0.29, 0.717) is 6.54 Å². The van der Waals surface area contributed by atoms with Gasteiger partial charge < -0.3 is 11.1 Å². The molecule has 2 unspecified atom stereocenters. The molecule has 0 fully saturated rings. The molecule has 0 spiro atoms. The van der Waals surface area contributed by atoms with Crippen LogP contribution in [0.4, 0.5) is 0 Å². The lowest BCUT2D eigenvalue weighted by Crippen LogP contribution is -2.42. The summed E-state index contributed by atoms with van der Waals surface area (Å²) >= 11 is 0. The van der Waals surface area contributed by atoms with Gasteiger partial charge >= 0.3 is 0 Å². The fraction of sp³-hybridized carbons (Fsp3) is 0.909. The summed E-state index contributed by atoms with van der Waals surface area (Å²) in [6.07, 6.45) is 4.16. The molecule has 0 aromatic carbocycles. The summed E-state index contributed by atoms with van der Waals surface area (Å²) in [4.78, 5) is 11.5. The molecule has 0 aliphatic heterocycles. The van der Waals surface area contributed by atoms with Crippen LogP contribution in [-0.4, -0.2) is 18.5 Å². The van der Waals surface area contributed by atoms with E-state index in [1.165, 1.54) is 0 Å². The molecule has 2 atom stereocenters. The number of carbonyl (C=O) groups excluding carboxylic acids is 1. The van der Waals surface area contributed by atoms with Crippen molar-refractivity contribution in [3.63, 3.8) is 0 Å². The van der Waals surface area contributed by atoms with Gasteiger partial charge in [0.15, 0.2) is 0 Å². The molecule has 0 saturated carbocycles. The second-order valence-electron chi connectivity index (χ2n) is 3.89. The van der Waals surface area contributed by atoms with E-state index in [1.807, 2.05) is 13.8 Å². The molecule has 0 aliphatic carbocycles. The van der Waals surface area contributed by atoms with Crippen LogP contribution in [0.1, 0.15) is 46.5 Å². The van der Waals surface area contributed by atoms with Crippen LogP contribution in [0, 0.1) is 5.92 Å². The molecule has 3 N–H and O–H groups in total. The molecule has 0 aromatic heterocycles. The van der Waals surface area contributed by atoms with Crippen molar-refractivity contribution in [1.29, 1.82) is 0 Å². The summed E-state index contributed by atoms with van der Waals surface area (Å²) < 4.78 is 0. The van der Waals surface area contributed by atoms with E-state index >= 15 is 0 Å². The number of hydrogen-bond acceptors (Lipinski definition) is 2. The van der Waals surface area contributed by atoms with E-state index in [-0.39, 0.29) is 17.9 Å². The Bertz CT molecular complexity index is 159. The van der Waals surface area contributed by atoms with E-state index in [1.54, 1.807) is 0 Å². The fourth-order valence-electron chi connectivity index (χ4n) is 1.23. The van der Waals surface area contributed by atoms with E-state index in [2.05, 4.69) is 12.2 Å². The Balaban J connectivity index is 3.85. The Morgan fingerprint density at radius 1 is 1.43 bits per heavy atom. The SMILES string of the molecule is CCCCC(CN)NC(=O)C(C)CC. The highest BCUT2D eigenvalue weighted by atomic mass is 16.1. The minimum atomic E-state index is 0.102. The van der Waals surface area contributed by atoms with E-state index in [9.17, 15) is 4.79 Å². The van der Waals surface area contributed by atoms with Crippen molar-refractivity contribution < 1.29 is 4.79 Å². The van der Waals surface area contributed by atoms with Gasteiger partial charge in [0.2, 0.25) is 5.91 Å². The molecule has 84 valence electrons. The zero-order valence-electron chi connectivity index (χ0n) is 9.68. The average Bonchev–Trinajstić information content (AvgIpc) is 2.22. The first-order valence-electron chi connectivity index (χ1n) is 5.66. The van der Waals surface area contributed by atoms with Gasteiger partial charge in [-0.3, -0.25) is 4.79 Å². The molecule has 3 heteroatoms. The van der Waals surface area contributed by atoms with Gasteiger partial charge in [0.05, 0.1) is 0 Å². The Kier molecular flexibility index (Phi) is 7.48. The molecule has 0 saturated heterocycles. The van der Waals surface area contributed by atoms with Crippen molar-refractivity contribution >= 4 is 5.91 Å². The second kappa shape index (κ2) is 7.80. The minimum Gasteiger partial charge on any atom is -0.352 e. The topological polar surface area (TPSA) is 55.1 Å². The summed E-state index contributed by atoms with van der Waals surface area (Å²) in [5.41, 5.74) is 5.59. The Hall–Kier alpha value is -0.570. The maximum atomic E-state index is 11.5. The van der Waals surface area contributed by atoms with E-state index in [0.717, 1.165) is 25.7 Å². The highest BCUT2D eigenvalue weighted by Gasteiger charge is 2.14. The molecular weight excluding hydrogens is 176 g/mol. The third-order valence-electron chi connectivity index (χ3n) is 2.60. The smallest absolute Gasteiger partial charge is 0.223 e. The van der Waals surface area contributed by atoms with E-state index in [4.69, 9.17) is 5.73 Å². The fourth-order valence-corrected chi connectivity index (χ4v) is 1.23. The normalized spacial score (nSPS) is 14.9. The Morgan fingerprint density at radius 2 is 2.07 bits per heavy atom. The first-order chi connectivity index (χ1) is 6.65. The summed E-state index contributed by atoms with van der Waals surface area (Å²) in [7, 11) is 0. The molecule has 14 heavy (non-hydrogen) atoms. The van der Waals surface area contributed by atoms with Gasteiger partial charge in [-0.15, -0.1) is 0 Å². The van der Waals surface area contributed by atoms with Gasteiger partial charge in [-0.2, -0.15) is 0 Å². The third kappa shape index (κ3) is 5.22. The van der Waals surface area contributed by atoms with Gasteiger partial charge in [0.1, 0.15) is 0 Å². The van der Waals surface area contributed by atoms with Crippen molar-refractivity contribution in [3.8, 4) is 0 Å². The van der Waals surface area contributed by atoms with Gasteiger partial charge in [-0.05, 0) is 12.8 Å². The zero-order chi connectivity index (χ0) is 11.0. The first-order valence-corrected chi connectivity index (χ1v) is 5.66. The first kappa shape index (κ1) is 13.4. The summed E-state index contributed by atoms with van der Waals surface area (Å²) in [6, 6.07) is 0.163. The lowest BCUT2D eigenvalue weighted by atomic mass is 10.1. The summed E-state index contributed by atoms with van der Waals surface area (Å²) in [5, 5.41) is 2.99. The molecule has 0 bridgehead atoms. The maximum absolute atomic E-state index is 11.5. The monoisotopic (exact) mass is 200 g/mol. The largest absolute Gasteiger partial charge is 0.352 e. The maximum Gasteiger partial charge on any atom is 0.223 e. The van der Waals surface area contributed by atoms with Gasteiger partial charge in [0, 0.05) is 18.5 Å². The highest BCUT2D eigenvalue weighted by Crippen LogP contribution is 2.04. The average molecular weight is 200 g/mol. The highest BCUT2D eigenvalue weighted by molar-refractivity contribution is 5.78. The lowest BCUT2D eigenvalue weighted by molar-refractivity contribution is -0.125. The molecule has 0 rings (SSSR count). The number of nitrogens with two attached hydrogens (primary N) is 1. The van der Waals surface area contributed by atoms with Crippen LogP contribution in [0.5, 0.6) is 0 Å². The molecule has 0 heterocycles. The lowest BCUT2D eigenvalue weighted by Gasteiger charge is -2.18. The quantitative estimate of drug-likeness (QED) is 0.657. The number of unbranched alkanes of at least 4 members (excludes halogenated alkanes) is 1. The molecule has 0 aliphatic rings. The van der Waals surface area contributed by atoms with Crippen LogP contribution < -0.4 is 11.1 Å². The van der Waals surface area contributed by atoms with Crippen LogP contribution in [-0.2, 0) is 4.79 Å². The summed E-state index contributed by atoms with van der Waals surface area (Å²) in [6.45, 7) is 6.66. The van der Waals surface area contributed by atoms with E-state index < -0.39 is 0 Å². The second-order valence-corrected chi connectivity index (χ2v) is 3.89. The van der Waals surface area contributed by atoms with Crippen LogP contribution >= 0.6 is 0 Å². The minimum absolute atomic E-state index is 0.102. The molecule has 3 nitrogen and oxygen atoms in total. The van der Waals surface area contributed by atoms with Crippen LogP contribution in [0.15, 0.2) is 0 Å². The van der Waals surface area contributed by atoms with Gasteiger partial charge in [-0.1, -0.05) is 33.6 Å². The van der Waals surface area contributed by atoms with Crippen molar-refractivity contribution in [1.82, 2.24) is 5.32 Å². The van der Waals surface area contributed by atoms with Crippen LogP contribution in [0.2, 0.25) is 0 Å². The standard InChI is InChI=1S/C11H24N2O/c1-4-6-7-10(8-12)13-11(14)9(3)5-2/h9-10H,4-8,12H2,1-3H3,(H,13,14). The predicted molar refractivity (Wildman–Crippen MR) is 60.0 cm³/mol. The van der Waals surface area contributed by atoms with Crippen molar-refractivity contribution in [2.45, 2.75) is 52.5 Å². The zero-order valence-corrected chi connectivity index (χ0v) is 9.68. The summed E-state index contributed by atoms with van der Waals surface area (Å²) in [5.74, 6) is 0.240. The predicted octanol–water partition coefficient (Wildman–Crippen LogP) is 1.67. The third-order valence-corrected chi connectivity index (χ3v) is 2.60. The Morgan fingerprint density at radius 3 is 2.50 bits per heavy atom. The molecule has 0 aromatic rings. The van der Waals surface area contributed by atoms with Crippen molar-refractivity contribution in [2.24, 2.45) is 11.7 Å². The molecular formula is C11H24N2O. The Labute approximate surface area is 87.4 Å². The number of nitrogens with one attached hydrogen (secondary N) is 1. The van der Waals surface area contributed by atoms with Gasteiger partial charge in [-0.25, -0.2) is 0 Å². The van der Waals surface area contributed by atoms with Crippen LogP contribution in [0.3, 0.4) is 0 Å². The van der Waals surface area contributed by atoms with Gasteiger partial charge in [0.25, 0.3) is 0 Å². The van der Waals surface area contributed by atoms with Crippen molar-refractivity contribution in [2.75, 3.05) is 6.54 Å². The molecule has 1 amide bonds. The number of carbonyl (C=O) groups is 1. The number of amides is 1. The number of hydrogen-bond donors (Lipinski definition) is 2. The molecule has 0 radical (unpaired) electrons. The van der Waals surface area contributed by atoms with Crippen LogP contribution in [0.25, 0.3) is 0 Å². The number of rotatable bonds is 7. The van der Waals surface area contributed by atoms with Crippen molar-refractivity contribution in [3.05, 3.63) is 0 Å².